The predicted octanol–water partition coefficient (Wildman–Crippen LogP) is 3.55. The summed E-state index contributed by atoms with van der Waals surface area (Å²) in [6.07, 6.45) is 5.29. The number of nitrogens with zero attached hydrogens (tertiary/aromatic N) is 1. The topological polar surface area (TPSA) is 45.5 Å². The van der Waals surface area contributed by atoms with Crippen LogP contribution in [0.3, 0.4) is 0 Å². The number of benzene rings is 1. The van der Waals surface area contributed by atoms with Gasteiger partial charge in [0.1, 0.15) is 0 Å². The van der Waals surface area contributed by atoms with Gasteiger partial charge in [-0.3, -0.25) is 9.69 Å². The zero-order chi connectivity index (χ0) is 16.1. The minimum Gasteiger partial charge on any atom is -0.459 e. The highest BCUT2D eigenvalue weighted by molar-refractivity contribution is 5.91. The van der Waals surface area contributed by atoms with Crippen LogP contribution in [0.4, 0.5) is 0 Å². The zero-order valence-corrected chi connectivity index (χ0v) is 13.6. The summed E-state index contributed by atoms with van der Waals surface area (Å²) in [7, 11) is 0. The van der Waals surface area contributed by atoms with Crippen molar-refractivity contribution >= 4 is 5.91 Å². The van der Waals surface area contributed by atoms with Crippen molar-refractivity contribution in [1.82, 2.24) is 10.2 Å². The van der Waals surface area contributed by atoms with E-state index in [2.05, 4.69) is 41.4 Å². The Balaban J connectivity index is 1.72. The summed E-state index contributed by atoms with van der Waals surface area (Å²) >= 11 is 0. The molecular formula is C19H24N2O2. The SMILES string of the molecule is Cc1ccc(C(CNC(=O)c2ccco2)N2CCCCC2)cc1. The molecule has 1 aliphatic heterocycles. The molecule has 4 nitrogen and oxygen atoms in total. The molecule has 1 N–H and O–H groups in total. The van der Waals surface area contributed by atoms with Crippen LogP contribution in [0.5, 0.6) is 0 Å². The molecule has 2 heterocycles. The number of hydrogen-bond donors (Lipinski definition) is 1. The number of rotatable bonds is 5. The summed E-state index contributed by atoms with van der Waals surface area (Å²) in [5, 5.41) is 3.02. The van der Waals surface area contributed by atoms with Crippen LogP contribution in [0.25, 0.3) is 0 Å². The monoisotopic (exact) mass is 312 g/mol. The third-order valence-corrected chi connectivity index (χ3v) is 4.49. The lowest BCUT2D eigenvalue weighted by Crippen LogP contribution is -2.40. The van der Waals surface area contributed by atoms with Gasteiger partial charge in [-0.1, -0.05) is 36.2 Å². The Bertz CT molecular complexity index is 613. The fourth-order valence-corrected chi connectivity index (χ4v) is 3.16. The first kappa shape index (κ1) is 15.8. The van der Waals surface area contributed by atoms with Gasteiger partial charge in [0.2, 0.25) is 0 Å². The van der Waals surface area contributed by atoms with Crippen LogP contribution in [-0.4, -0.2) is 30.4 Å². The molecule has 1 saturated heterocycles. The molecule has 1 amide bonds. The molecule has 0 bridgehead atoms. The largest absolute Gasteiger partial charge is 0.459 e. The maximum Gasteiger partial charge on any atom is 0.287 e. The Morgan fingerprint density at radius 1 is 1.17 bits per heavy atom. The summed E-state index contributed by atoms with van der Waals surface area (Å²) in [6.45, 7) is 4.88. The number of likely N-dealkylation sites (tertiary alicyclic amines) is 1. The van der Waals surface area contributed by atoms with Crippen molar-refractivity contribution in [2.75, 3.05) is 19.6 Å². The van der Waals surface area contributed by atoms with Gasteiger partial charge in [-0.05, 0) is 50.6 Å². The Morgan fingerprint density at radius 2 is 1.91 bits per heavy atom. The minimum absolute atomic E-state index is 0.149. The third kappa shape index (κ3) is 4.02. The molecule has 1 aromatic carbocycles. The quantitative estimate of drug-likeness (QED) is 0.918. The van der Waals surface area contributed by atoms with Gasteiger partial charge < -0.3 is 9.73 Å². The molecule has 23 heavy (non-hydrogen) atoms. The van der Waals surface area contributed by atoms with Crippen molar-refractivity contribution in [3.8, 4) is 0 Å². The lowest BCUT2D eigenvalue weighted by atomic mass is 10.0. The first-order valence-corrected chi connectivity index (χ1v) is 8.36. The predicted molar refractivity (Wildman–Crippen MR) is 90.4 cm³/mol. The fourth-order valence-electron chi connectivity index (χ4n) is 3.16. The van der Waals surface area contributed by atoms with Crippen molar-refractivity contribution in [2.45, 2.75) is 32.2 Å². The zero-order valence-electron chi connectivity index (χ0n) is 13.6. The molecule has 0 spiro atoms. The first-order valence-electron chi connectivity index (χ1n) is 8.36. The molecule has 0 radical (unpaired) electrons. The number of hydrogen-bond acceptors (Lipinski definition) is 3. The second-order valence-electron chi connectivity index (χ2n) is 6.21. The summed E-state index contributed by atoms with van der Waals surface area (Å²) in [6, 6.07) is 12.3. The maximum atomic E-state index is 12.2. The van der Waals surface area contributed by atoms with Gasteiger partial charge in [0.25, 0.3) is 5.91 Å². The Kier molecular flexibility index (Phi) is 5.13. The van der Waals surface area contributed by atoms with E-state index in [4.69, 9.17) is 4.42 Å². The van der Waals surface area contributed by atoms with Crippen molar-refractivity contribution < 1.29 is 9.21 Å². The lowest BCUT2D eigenvalue weighted by Gasteiger charge is -2.35. The Morgan fingerprint density at radius 3 is 2.57 bits per heavy atom. The van der Waals surface area contributed by atoms with Crippen LogP contribution in [0, 0.1) is 6.92 Å². The van der Waals surface area contributed by atoms with Gasteiger partial charge in [0.05, 0.1) is 12.3 Å². The van der Waals surface area contributed by atoms with Crippen LogP contribution in [0.15, 0.2) is 47.1 Å². The number of piperidine rings is 1. The Labute approximate surface area is 137 Å². The molecule has 1 fully saturated rings. The average molecular weight is 312 g/mol. The van der Waals surface area contributed by atoms with Gasteiger partial charge in [-0.2, -0.15) is 0 Å². The van der Waals surface area contributed by atoms with Gasteiger partial charge in [-0.15, -0.1) is 0 Å². The normalized spacial score (nSPS) is 16.9. The van der Waals surface area contributed by atoms with Crippen LogP contribution in [0.1, 0.15) is 47.0 Å². The molecule has 1 aromatic heterocycles. The smallest absolute Gasteiger partial charge is 0.287 e. The molecule has 1 unspecified atom stereocenters. The summed E-state index contributed by atoms with van der Waals surface area (Å²) in [4.78, 5) is 14.6. The molecule has 1 atom stereocenters. The standard InChI is InChI=1S/C19H24N2O2/c1-15-7-9-16(10-8-15)17(21-11-3-2-4-12-21)14-20-19(22)18-6-5-13-23-18/h5-10,13,17H,2-4,11-12,14H2,1H3,(H,20,22). The molecule has 2 aromatic rings. The molecule has 0 saturated carbocycles. The second-order valence-corrected chi connectivity index (χ2v) is 6.21. The van der Waals surface area contributed by atoms with E-state index in [-0.39, 0.29) is 11.9 Å². The minimum atomic E-state index is -0.149. The van der Waals surface area contributed by atoms with Crippen molar-refractivity contribution in [3.63, 3.8) is 0 Å². The number of nitrogens with one attached hydrogen (secondary N) is 1. The molecule has 0 aliphatic carbocycles. The number of carbonyl (C=O) groups is 1. The van der Waals surface area contributed by atoms with Crippen molar-refractivity contribution in [1.29, 1.82) is 0 Å². The lowest BCUT2D eigenvalue weighted by molar-refractivity contribution is 0.0897. The highest BCUT2D eigenvalue weighted by Crippen LogP contribution is 2.24. The van der Waals surface area contributed by atoms with E-state index < -0.39 is 0 Å². The van der Waals surface area contributed by atoms with Crippen LogP contribution < -0.4 is 5.32 Å². The number of amides is 1. The summed E-state index contributed by atoms with van der Waals surface area (Å²) in [5.74, 6) is 0.218. The average Bonchev–Trinajstić information content (AvgIpc) is 3.12. The molecule has 3 rings (SSSR count). The van der Waals surface area contributed by atoms with Gasteiger partial charge >= 0.3 is 0 Å². The van der Waals surface area contributed by atoms with E-state index >= 15 is 0 Å². The van der Waals surface area contributed by atoms with E-state index in [1.807, 2.05) is 0 Å². The van der Waals surface area contributed by atoms with Gasteiger partial charge in [0.15, 0.2) is 5.76 Å². The van der Waals surface area contributed by atoms with Crippen molar-refractivity contribution in [2.24, 2.45) is 0 Å². The number of furan rings is 1. The first-order chi connectivity index (χ1) is 11.2. The maximum absolute atomic E-state index is 12.2. The van der Waals surface area contributed by atoms with E-state index in [1.165, 1.54) is 36.7 Å². The molecule has 1 aliphatic rings. The van der Waals surface area contributed by atoms with Crippen molar-refractivity contribution in [3.05, 3.63) is 59.5 Å². The highest BCUT2D eigenvalue weighted by atomic mass is 16.3. The van der Waals surface area contributed by atoms with Gasteiger partial charge in [0, 0.05) is 6.54 Å². The summed E-state index contributed by atoms with van der Waals surface area (Å²) < 4.78 is 5.17. The van der Waals surface area contributed by atoms with E-state index in [0.717, 1.165) is 13.1 Å². The second kappa shape index (κ2) is 7.47. The molecule has 122 valence electrons. The third-order valence-electron chi connectivity index (χ3n) is 4.49. The van der Waals surface area contributed by atoms with Crippen LogP contribution >= 0.6 is 0 Å². The molecular weight excluding hydrogens is 288 g/mol. The number of carbonyl (C=O) groups excluding carboxylic acids is 1. The van der Waals surface area contributed by atoms with Gasteiger partial charge in [-0.25, -0.2) is 0 Å². The molecule has 4 heteroatoms. The van der Waals surface area contributed by atoms with E-state index in [9.17, 15) is 4.79 Å². The van der Waals surface area contributed by atoms with E-state index in [0.29, 0.717) is 12.3 Å². The number of aryl methyl sites for hydroxylation is 1. The Hall–Kier alpha value is -2.07. The van der Waals surface area contributed by atoms with Crippen LogP contribution in [-0.2, 0) is 0 Å². The highest BCUT2D eigenvalue weighted by Gasteiger charge is 2.23. The van der Waals surface area contributed by atoms with Crippen LogP contribution in [0.2, 0.25) is 0 Å². The summed E-state index contributed by atoms with van der Waals surface area (Å²) in [5.41, 5.74) is 2.52. The van der Waals surface area contributed by atoms with E-state index in [1.54, 1.807) is 12.1 Å². The fraction of sp³-hybridized carbons (Fsp3) is 0.421.